The Morgan fingerprint density at radius 1 is 1.07 bits per heavy atom. The molecule has 0 saturated carbocycles. The number of nitrogens with one attached hydrogen (secondary N) is 2. The van der Waals surface area contributed by atoms with Crippen LogP contribution in [0.5, 0.6) is 5.75 Å². The van der Waals surface area contributed by atoms with Crippen LogP contribution in [0.4, 0.5) is 5.69 Å². The fourth-order valence-corrected chi connectivity index (χ4v) is 3.08. The number of phenols is 1. The lowest BCUT2D eigenvalue weighted by molar-refractivity contribution is -0.139. The van der Waals surface area contributed by atoms with Crippen LogP contribution in [0.3, 0.4) is 0 Å². The highest BCUT2D eigenvalue weighted by atomic mass is 16.4. The number of aromatic hydroxyl groups is 1. The predicted molar refractivity (Wildman–Crippen MR) is 104 cm³/mol. The minimum atomic E-state index is -1.13. The molecule has 28 heavy (non-hydrogen) atoms. The summed E-state index contributed by atoms with van der Waals surface area (Å²) < 4.78 is 0. The molecule has 8 nitrogen and oxygen atoms in total. The van der Waals surface area contributed by atoms with E-state index >= 15 is 0 Å². The van der Waals surface area contributed by atoms with Gasteiger partial charge in [0.05, 0.1) is 5.69 Å². The Morgan fingerprint density at radius 3 is 2.54 bits per heavy atom. The van der Waals surface area contributed by atoms with Crippen LogP contribution < -0.4 is 11.1 Å². The van der Waals surface area contributed by atoms with Gasteiger partial charge < -0.3 is 31.4 Å². The number of H-pyrrole nitrogens is 1. The first-order chi connectivity index (χ1) is 13.3. The fourth-order valence-electron chi connectivity index (χ4n) is 3.08. The Labute approximate surface area is 160 Å². The van der Waals surface area contributed by atoms with Gasteiger partial charge in [-0.2, -0.15) is 0 Å². The van der Waals surface area contributed by atoms with Crippen molar-refractivity contribution in [2.75, 3.05) is 5.32 Å². The molecule has 8 heteroatoms. The van der Waals surface area contributed by atoms with E-state index in [9.17, 15) is 19.8 Å². The maximum absolute atomic E-state index is 11.8. The number of rotatable bonds is 8. The topological polar surface area (TPSA) is 149 Å². The van der Waals surface area contributed by atoms with Crippen molar-refractivity contribution in [1.82, 2.24) is 4.98 Å². The molecular weight excluding hydrogens is 362 g/mol. The molecule has 1 heterocycles. The van der Waals surface area contributed by atoms with Crippen LogP contribution >= 0.6 is 0 Å². The van der Waals surface area contributed by atoms with Gasteiger partial charge in [0.25, 0.3) is 0 Å². The Bertz CT molecular complexity index is 1010. The molecule has 0 fully saturated rings. The average molecular weight is 383 g/mol. The van der Waals surface area contributed by atoms with Gasteiger partial charge >= 0.3 is 11.9 Å². The molecule has 0 aliphatic rings. The number of para-hydroxylation sites is 1. The largest absolute Gasteiger partial charge is 0.506 e. The van der Waals surface area contributed by atoms with Gasteiger partial charge in [0.2, 0.25) is 0 Å². The summed E-state index contributed by atoms with van der Waals surface area (Å²) in [6.45, 7) is 0. The lowest BCUT2D eigenvalue weighted by atomic mass is 10.0. The molecule has 1 aromatic heterocycles. The molecule has 0 unspecified atom stereocenters. The number of phenolic OH excluding ortho intramolecular Hbond substituents is 1. The molecule has 3 rings (SSSR count). The van der Waals surface area contributed by atoms with Crippen molar-refractivity contribution in [2.24, 2.45) is 5.73 Å². The highest BCUT2D eigenvalue weighted by molar-refractivity contribution is 5.85. The maximum Gasteiger partial charge on any atom is 0.326 e. The SMILES string of the molecule is N[C@@H](Cc1ccc(O)c(N[C@@H](Cc2c[nH]c3ccccc23)C(=O)O)c1)C(=O)O. The smallest absolute Gasteiger partial charge is 0.326 e. The summed E-state index contributed by atoms with van der Waals surface area (Å²) in [5, 5.41) is 32.4. The van der Waals surface area contributed by atoms with Crippen molar-refractivity contribution < 1.29 is 24.9 Å². The van der Waals surface area contributed by atoms with Crippen LogP contribution in [-0.4, -0.2) is 44.3 Å². The van der Waals surface area contributed by atoms with Crippen molar-refractivity contribution in [3.63, 3.8) is 0 Å². The number of carboxylic acid groups (broad SMARTS) is 2. The first-order valence-corrected chi connectivity index (χ1v) is 8.69. The molecule has 0 amide bonds. The monoisotopic (exact) mass is 383 g/mol. The molecule has 7 N–H and O–H groups in total. The van der Waals surface area contributed by atoms with Crippen molar-refractivity contribution in [2.45, 2.75) is 24.9 Å². The summed E-state index contributed by atoms with van der Waals surface area (Å²) in [5.41, 5.74) is 8.08. The number of hydrogen-bond acceptors (Lipinski definition) is 5. The van der Waals surface area contributed by atoms with E-state index in [1.54, 1.807) is 12.3 Å². The maximum atomic E-state index is 11.8. The van der Waals surface area contributed by atoms with Crippen molar-refractivity contribution in [3.05, 3.63) is 59.8 Å². The summed E-state index contributed by atoms with van der Waals surface area (Å²) in [6, 6.07) is 9.96. The molecule has 146 valence electrons. The highest BCUT2D eigenvalue weighted by Gasteiger charge is 2.21. The Kier molecular flexibility index (Phi) is 5.51. The highest BCUT2D eigenvalue weighted by Crippen LogP contribution is 2.27. The van der Waals surface area contributed by atoms with Gasteiger partial charge in [0.1, 0.15) is 17.8 Å². The number of fused-ring (bicyclic) bond motifs is 1. The second kappa shape index (κ2) is 8.01. The second-order valence-corrected chi connectivity index (χ2v) is 6.60. The first-order valence-electron chi connectivity index (χ1n) is 8.69. The number of carboxylic acids is 2. The molecule has 0 bridgehead atoms. The fraction of sp³-hybridized carbons (Fsp3) is 0.200. The molecule has 2 atom stereocenters. The normalized spacial score (nSPS) is 13.2. The van der Waals surface area contributed by atoms with E-state index in [0.29, 0.717) is 5.56 Å². The Morgan fingerprint density at radius 2 is 1.82 bits per heavy atom. The van der Waals surface area contributed by atoms with Crippen LogP contribution in [0.25, 0.3) is 10.9 Å². The zero-order chi connectivity index (χ0) is 20.3. The standard InChI is InChI=1S/C20H21N3O5/c21-14(19(25)26)7-11-5-6-18(24)16(8-11)23-17(20(27)28)9-12-10-22-15-4-2-1-3-13(12)15/h1-6,8,10,14,17,22-24H,7,9,21H2,(H,25,26)(H,27,28)/t14-,17-/m0/s1. The third-order valence-corrected chi connectivity index (χ3v) is 4.56. The molecule has 0 radical (unpaired) electrons. The van der Waals surface area contributed by atoms with Gasteiger partial charge in [0.15, 0.2) is 0 Å². The summed E-state index contributed by atoms with van der Waals surface area (Å²) in [6.07, 6.45) is 2.02. The van der Waals surface area contributed by atoms with Crippen molar-refractivity contribution >= 4 is 28.5 Å². The molecular formula is C20H21N3O5. The lowest BCUT2D eigenvalue weighted by Crippen LogP contribution is -2.33. The lowest BCUT2D eigenvalue weighted by Gasteiger charge is -2.18. The molecule has 0 saturated heterocycles. The molecule has 0 spiro atoms. The van der Waals surface area contributed by atoms with E-state index in [1.165, 1.54) is 12.1 Å². The van der Waals surface area contributed by atoms with E-state index in [0.717, 1.165) is 16.5 Å². The number of anilines is 1. The van der Waals surface area contributed by atoms with Crippen molar-refractivity contribution in [3.8, 4) is 5.75 Å². The van der Waals surface area contributed by atoms with Crippen LogP contribution in [0, 0.1) is 0 Å². The number of benzene rings is 2. The molecule has 0 aliphatic carbocycles. The Balaban J connectivity index is 1.82. The van der Waals surface area contributed by atoms with Crippen LogP contribution in [0.2, 0.25) is 0 Å². The van der Waals surface area contributed by atoms with Gasteiger partial charge in [-0.25, -0.2) is 4.79 Å². The van der Waals surface area contributed by atoms with Gasteiger partial charge in [-0.1, -0.05) is 24.3 Å². The van der Waals surface area contributed by atoms with Crippen molar-refractivity contribution in [1.29, 1.82) is 0 Å². The molecule has 3 aromatic rings. The second-order valence-electron chi connectivity index (χ2n) is 6.60. The van der Waals surface area contributed by atoms with Crippen LogP contribution in [0.1, 0.15) is 11.1 Å². The number of hydrogen-bond donors (Lipinski definition) is 6. The molecule has 0 aliphatic heterocycles. The van der Waals surface area contributed by atoms with Gasteiger partial charge in [0, 0.05) is 23.5 Å². The van der Waals surface area contributed by atoms with E-state index in [-0.39, 0.29) is 24.3 Å². The summed E-state index contributed by atoms with van der Waals surface area (Å²) in [4.78, 5) is 25.8. The third kappa shape index (κ3) is 4.24. The quantitative estimate of drug-likeness (QED) is 0.326. The number of aliphatic carboxylic acids is 2. The predicted octanol–water partition coefficient (Wildman–Crippen LogP) is 1.94. The van der Waals surface area contributed by atoms with E-state index in [4.69, 9.17) is 10.8 Å². The average Bonchev–Trinajstić information content (AvgIpc) is 3.06. The van der Waals surface area contributed by atoms with Gasteiger partial charge in [-0.05, 0) is 35.7 Å². The number of aromatic amines is 1. The zero-order valence-corrected chi connectivity index (χ0v) is 14.9. The molecule has 2 aromatic carbocycles. The number of aromatic nitrogens is 1. The van der Waals surface area contributed by atoms with Gasteiger partial charge in [-0.15, -0.1) is 0 Å². The Hall–Kier alpha value is -3.52. The van der Waals surface area contributed by atoms with Gasteiger partial charge in [-0.3, -0.25) is 4.79 Å². The summed E-state index contributed by atoms with van der Waals surface area (Å²) in [5.74, 6) is -2.33. The number of nitrogens with two attached hydrogens (primary N) is 1. The first kappa shape index (κ1) is 19.2. The van der Waals surface area contributed by atoms with Crippen LogP contribution in [-0.2, 0) is 22.4 Å². The number of carbonyl (C=O) groups is 2. The summed E-state index contributed by atoms with van der Waals surface area (Å²) in [7, 11) is 0. The van der Waals surface area contributed by atoms with Crippen LogP contribution in [0.15, 0.2) is 48.7 Å². The third-order valence-electron chi connectivity index (χ3n) is 4.56. The van der Waals surface area contributed by atoms with E-state index in [1.807, 2.05) is 24.3 Å². The summed E-state index contributed by atoms with van der Waals surface area (Å²) >= 11 is 0. The van der Waals surface area contributed by atoms with E-state index in [2.05, 4.69) is 10.3 Å². The van der Waals surface area contributed by atoms with E-state index < -0.39 is 24.0 Å². The zero-order valence-electron chi connectivity index (χ0n) is 14.9. The minimum Gasteiger partial charge on any atom is -0.506 e. The minimum absolute atomic E-state index is 0.0600.